The molecule has 1 aliphatic heterocycles. The van der Waals surface area contributed by atoms with Gasteiger partial charge < -0.3 is 19.4 Å². The van der Waals surface area contributed by atoms with Crippen LogP contribution in [0.2, 0.25) is 0 Å². The molecule has 6 heteroatoms. The topological polar surface area (TPSA) is 65.4 Å². The van der Waals surface area contributed by atoms with Gasteiger partial charge in [-0.2, -0.15) is 0 Å². The number of nitrogens with one attached hydrogen (secondary N) is 1. The molecule has 1 N–H and O–H groups in total. The van der Waals surface area contributed by atoms with Crippen LogP contribution in [0.25, 0.3) is 0 Å². The van der Waals surface area contributed by atoms with E-state index in [9.17, 15) is 4.79 Å². The molecular weight excluding hydrogens is 354 g/mol. The molecule has 1 atom stereocenters. The monoisotopic (exact) mass is 377 g/mol. The average Bonchev–Trinajstić information content (AvgIpc) is 3.41. The Morgan fingerprint density at radius 1 is 1.11 bits per heavy atom. The third kappa shape index (κ3) is 4.34. The summed E-state index contributed by atoms with van der Waals surface area (Å²) in [6.45, 7) is 1.72. The van der Waals surface area contributed by atoms with Gasteiger partial charge in [0.1, 0.15) is 0 Å². The number of ether oxygens (including phenoxy) is 2. The van der Waals surface area contributed by atoms with Crippen LogP contribution in [-0.2, 0) is 11.3 Å². The molecule has 0 bridgehead atoms. The van der Waals surface area contributed by atoms with Gasteiger partial charge in [-0.25, -0.2) is 4.98 Å². The number of carbonyl (C=O) groups excluding carboxylic acids is 1. The highest BCUT2D eigenvalue weighted by Gasteiger charge is 2.21. The largest absolute Gasteiger partial charge is 0.454 e. The summed E-state index contributed by atoms with van der Waals surface area (Å²) in [6, 6.07) is 16.0. The van der Waals surface area contributed by atoms with Crippen LogP contribution in [0.1, 0.15) is 29.9 Å². The third-order valence-electron chi connectivity index (χ3n) is 4.86. The van der Waals surface area contributed by atoms with Crippen molar-refractivity contribution in [1.82, 2.24) is 14.9 Å². The van der Waals surface area contributed by atoms with Crippen molar-refractivity contribution in [3.8, 4) is 11.5 Å². The van der Waals surface area contributed by atoms with Crippen molar-refractivity contribution in [2.24, 2.45) is 0 Å². The zero-order valence-electron chi connectivity index (χ0n) is 15.6. The lowest BCUT2D eigenvalue weighted by Gasteiger charge is -2.18. The molecule has 4 rings (SSSR count). The molecule has 0 aliphatic carbocycles. The van der Waals surface area contributed by atoms with Gasteiger partial charge in [0, 0.05) is 37.8 Å². The molecule has 0 radical (unpaired) electrons. The Morgan fingerprint density at radius 2 is 1.96 bits per heavy atom. The van der Waals surface area contributed by atoms with E-state index in [1.807, 2.05) is 47.2 Å². The molecule has 28 heavy (non-hydrogen) atoms. The van der Waals surface area contributed by atoms with E-state index in [1.54, 1.807) is 12.5 Å². The number of hydrogen-bond donors (Lipinski definition) is 1. The van der Waals surface area contributed by atoms with Gasteiger partial charge in [0.05, 0.1) is 6.33 Å². The van der Waals surface area contributed by atoms with E-state index in [-0.39, 0.29) is 18.6 Å². The van der Waals surface area contributed by atoms with Crippen molar-refractivity contribution in [2.45, 2.75) is 25.3 Å². The van der Waals surface area contributed by atoms with Gasteiger partial charge in [-0.15, -0.1) is 0 Å². The van der Waals surface area contributed by atoms with Gasteiger partial charge in [-0.3, -0.25) is 4.79 Å². The maximum absolute atomic E-state index is 12.6. The first-order valence-corrected chi connectivity index (χ1v) is 9.46. The number of nitrogens with zero attached hydrogens (tertiary/aromatic N) is 2. The van der Waals surface area contributed by atoms with Crippen molar-refractivity contribution in [1.29, 1.82) is 0 Å². The molecule has 144 valence electrons. The summed E-state index contributed by atoms with van der Waals surface area (Å²) >= 11 is 0. The summed E-state index contributed by atoms with van der Waals surface area (Å²) in [4.78, 5) is 16.6. The van der Waals surface area contributed by atoms with Gasteiger partial charge >= 0.3 is 0 Å². The fourth-order valence-corrected chi connectivity index (χ4v) is 3.41. The van der Waals surface area contributed by atoms with Crippen molar-refractivity contribution < 1.29 is 14.3 Å². The zero-order chi connectivity index (χ0) is 19.2. The molecule has 2 heterocycles. The second-order valence-corrected chi connectivity index (χ2v) is 6.78. The molecule has 0 spiro atoms. The molecule has 0 fully saturated rings. The number of aromatic nitrogens is 2. The third-order valence-corrected chi connectivity index (χ3v) is 4.86. The van der Waals surface area contributed by atoms with Crippen LogP contribution >= 0.6 is 0 Å². The molecule has 0 saturated carbocycles. The maximum atomic E-state index is 12.6. The SMILES string of the molecule is O=C(CC(c1ccccc1)c1ccc2c(c1)OCO2)NCCCn1ccnc1. The Labute approximate surface area is 164 Å². The van der Waals surface area contributed by atoms with Crippen molar-refractivity contribution >= 4 is 5.91 Å². The van der Waals surface area contributed by atoms with E-state index >= 15 is 0 Å². The van der Waals surface area contributed by atoms with Gasteiger partial charge in [0.2, 0.25) is 12.7 Å². The Morgan fingerprint density at radius 3 is 2.79 bits per heavy atom. The van der Waals surface area contributed by atoms with Crippen molar-refractivity contribution in [2.75, 3.05) is 13.3 Å². The summed E-state index contributed by atoms with van der Waals surface area (Å²) in [5, 5.41) is 3.04. The number of hydrogen-bond acceptors (Lipinski definition) is 4. The van der Waals surface area contributed by atoms with Crippen molar-refractivity contribution in [3.63, 3.8) is 0 Å². The molecule has 1 unspecified atom stereocenters. The van der Waals surface area contributed by atoms with E-state index in [4.69, 9.17) is 9.47 Å². The minimum Gasteiger partial charge on any atom is -0.454 e. The molecule has 6 nitrogen and oxygen atoms in total. The summed E-state index contributed by atoms with van der Waals surface area (Å²) in [5.41, 5.74) is 2.15. The fraction of sp³-hybridized carbons (Fsp3) is 0.273. The van der Waals surface area contributed by atoms with Crippen LogP contribution in [0.5, 0.6) is 11.5 Å². The normalized spacial score (nSPS) is 13.3. The summed E-state index contributed by atoms with van der Waals surface area (Å²) in [6.07, 6.45) is 6.71. The average molecular weight is 377 g/mol. The molecule has 1 aromatic heterocycles. The minimum atomic E-state index is -0.0376. The van der Waals surface area contributed by atoms with Gasteiger partial charge in [-0.05, 0) is 29.7 Å². The van der Waals surface area contributed by atoms with Crippen LogP contribution in [0.4, 0.5) is 0 Å². The summed E-state index contributed by atoms with van der Waals surface area (Å²) < 4.78 is 12.9. The van der Waals surface area contributed by atoms with E-state index in [0.717, 1.165) is 35.6 Å². The van der Waals surface area contributed by atoms with Crippen LogP contribution in [0.15, 0.2) is 67.3 Å². The predicted molar refractivity (Wildman–Crippen MR) is 105 cm³/mol. The highest BCUT2D eigenvalue weighted by molar-refractivity contribution is 5.77. The van der Waals surface area contributed by atoms with Crippen LogP contribution in [0, 0.1) is 0 Å². The number of carbonyl (C=O) groups is 1. The maximum Gasteiger partial charge on any atom is 0.231 e. The standard InChI is InChI=1S/C22H23N3O3/c26-22(24-9-4-11-25-12-10-23-15-25)14-19(17-5-2-1-3-6-17)18-7-8-20-21(13-18)28-16-27-20/h1-3,5-8,10,12-13,15,19H,4,9,11,14,16H2,(H,24,26). The smallest absolute Gasteiger partial charge is 0.231 e. The first-order valence-electron chi connectivity index (χ1n) is 9.46. The summed E-state index contributed by atoms with van der Waals surface area (Å²) in [5.74, 6) is 1.49. The van der Waals surface area contributed by atoms with E-state index in [2.05, 4.69) is 22.4 Å². The zero-order valence-corrected chi connectivity index (χ0v) is 15.6. The lowest BCUT2D eigenvalue weighted by atomic mass is 9.88. The van der Waals surface area contributed by atoms with Crippen molar-refractivity contribution in [3.05, 3.63) is 78.4 Å². The Bertz CT molecular complexity index is 910. The fourth-order valence-electron chi connectivity index (χ4n) is 3.41. The molecule has 0 saturated heterocycles. The van der Waals surface area contributed by atoms with Crippen LogP contribution < -0.4 is 14.8 Å². The lowest BCUT2D eigenvalue weighted by molar-refractivity contribution is -0.121. The van der Waals surface area contributed by atoms with E-state index in [1.165, 1.54) is 0 Å². The molecule has 1 amide bonds. The highest BCUT2D eigenvalue weighted by atomic mass is 16.7. The predicted octanol–water partition coefficient (Wildman–Crippen LogP) is 3.34. The number of amides is 1. The number of benzene rings is 2. The lowest BCUT2D eigenvalue weighted by Crippen LogP contribution is -2.27. The second kappa shape index (κ2) is 8.61. The second-order valence-electron chi connectivity index (χ2n) is 6.78. The van der Waals surface area contributed by atoms with Gasteiger partial charge in [0.25, 0.3) is 0 Å². The number of rotatable bonds is 8. The molecule has 2 aromatic carbocycles. The Balaban J connectivity index is 1.41. The quantitative estimate of drug-likeness (QED) is 0.612. The molecular formula is C22H23N3O3. The number of aryl methyl sites for hydroxylation is 1. The summed E-state index contributed by atoms with van der Waals surface area (Å²) in [7, 11) is 0. The Kier molecular flexibility index (Phi) is 5.56. The number of imidazole rings is 1. The molecule has 3 aromatic rings. The van der Waals surface area contributed by atoms with E-state index in [0.29, 0.717) is 13.0 Å². The minimum absolute atomic E-state index is 0.0376. The first kappa shape index (κ1) is 18.1. The number of fused-ring (bicyclic) bond motifs is 1. The van der Waals surface area contributed by atoms with Gasteiger partial charge in [-0.1, -0.05) is 36.4 Å². The van der Waals surface area contributed by atoms with Gasteiger partial charge in [0.15, 0.2) is 11.5 Å². The first-order chi connectivity index (χ1) is 13.8. The van der Waals surface area contributed by atoms with E-state index < -0.39 is 0 Å². The highest BCUT2D eigenvalue weighted by Crippen LogP contribution is 2.37. The van der Waals surface area contributed by atoms with Crippen LogP contribution in [0.3, 0.4) is 0 Å². The van der Waals surface area contributed by atoms with Crippen LogP contribution in [-0.4, -0.2) is 28.8 Å². The Hall–Kier alpha value is -3.28. The molecule has 1 aliphatic rings.